The molecule has 0 radical (unpaired) electrons. The largest absolute Gasteiger partial charge is 0.352 e. The molecule has 0 saturated carbocycles. The number of anilines is 1. The fourth-order valence-corrected chi connectivity index (χ4v) is 5.53. The molecule has 1 N–H and O–H groups in total. The van der Waals surface area contributed by atoms with Crippen LogP contribution in [0.25, 0.3) is 0 Å². The van der Waals surface area contributed by atoms with Crippen molar-refractivity contribution in [3.8, 4) is 0 Å². The Morgan fingerprint density at radius 1 is 0.923 bits per heavy atom. The van der Waals surface area contributed by atoms with Gasteiger partial charge in [-0.3, -0.25) is 13.9 Å². The number of hydrogen-bond donors (Lipinski definition) is 1. The highest BCUT2D eigenvalue weighted by Crippen LogP contribution is 2.26. The van der Waals surface area contributed by atoms with Crippen molar-refractivity contribution in [2.24, 2.45) is 0 Å². The van der Waals surface area contributed by atoms with Crippen molar-refractivity contribution >= 4 is 39.1 Å². The predicted molar refractivity (Wildman–Crippen MR) is 157 cm³/mol. The zero-order chi connectivity index (χ0) is 28.7. The highest BCUT2D eigenvalue weighted by Gasteiger charge is 2.33. The van der Waals surface area contributed by atoms with Crippen molar-refractivity contribution < 1.29 is 18.0 Å². The number of carbonyl (C=O) groups excluding carboxylic acids is 2. The van der Waals surface area contributed by atoms with E-state index in [0.717, 1.165) is 27.3 Å². The molecule has 0 bridgehead atoms. The second-order valence-electron chi connectivity index (χ2n) is 10.0. The quantitative estimate of drug-likeness (QED) is 0.356. The first-order valence-corrected chi connectivity index (χ1v) is 15.0. The van der Waals surface area contributed by atoms with Crippen LogP contribution in [-0.4, -0.2) is 50.0 Å². The Labute approximate surface area is 236 Å². The molecule has 208 valence electrons. The number of amides is 2. The molecule has 0 aliphatic heterocycles. The smallest absolute Gasteiger partial charge is 0.244 e. The molecule has 1 atom stereocenters. The van der Waals surface area contributed by atoms with Gasteiger partial charge in [0.2, 0.25) is 21.8 Å². The first kappa shape index (κ1) is 30.2. The summed E-state index contributed by atoms with van der Waals surface area (Å²) < 4.78 is 26.9. The van der Waals surface area contributed by atoms with Crippen molar-refractivity contribution in [3.05, 3.63) is 100 Å². The van der Waals surface area contributed by atoms with Gasteiger partial charge in [-0.05, 0) is 68.1 Å². The summed E-state index contributed by atoms with van der Waals surface area (Å²) in [6.45, 7) is 7.08. The van der Waals surface area contributed by atoms with Crippen molar-refractivity contribution in [1.29, 1.82) is 0 Å². The molecule has 0 spiro atoms. The zero-order valence-electron chi connectivity index (χ0n) is 23.0. The SMILES string of the molecule is Cc1ccccc1CN(C(=O)CN(c1ccc(Cl)cc1C)S(C)(=O)=O)C(Cc1ccccc1)C(=O)NC(C)C. The van der Waals surface area contributed by atoms with Gasteiger partial charge in [0.15, 0.2) is 0 Å². The number of rotatable bonds is 11. The maximum atomic E-state index is 14.1. The molecule has 9 heteroatoms. The van der Waals surface area contributed by atoms with Crippen LogP contribution in [0.4, 0.5) is 5.69 Å². The van der Waals surface area contributed by atoms with Gasteiger partial charge in [-0.15, -0.1) is 0 Å². The maximum absolute atomic E-state index is 14.1. The van der Waals surface area contributed by atoms with E-state index < -0.39 is 28.5 Å². The topological polar surface area (TPSA) is 86.8 Å². The minimum atomic E-state index is -3.84. The molecular formula is C30H36ClN3O4S. The molecule has 7 nitrogen and oxygen atoms in total. The Kier molecular flexibility index (Phi) is 10.2. The third-order valence-electron chi connectivity index (χ3n) is 6.41. The number of sulfonamides is 1. The molecule has 1 unspecified atom stereocenters. The van der Waals surface area contributed by atoms with E-state index in [0.29, 0.717) is 16.3 Å². The molecule has 39 heavy (non-hydrogen) atoms. The number of nitrogens with one attached hydrogen (secondary N) is 1. The Balaban J connectivity index is 2.08. The van der Waals surface area contributed by atoms with Crippen LogP contribution in [0, 0.1) is 13.8 Å². The Hall–Kier alpha value is -3.36. The number of benzene rings is 3. The van der Waals surface area contributed by atoms with Crippen LogP contribution in [0.3, 0.4) is 0 Å². The number of halogens is 1. The monoisotopic (exact) mass is 569 g/mol. The van der Waals surface area contributed by atoms with Crippen LogP contribution in [0.15, 0.2) is 72.8 Å². The van der Waals surface area contributed by atoms with E-state index in [9.17, 15) is 18.0 Å². The summed E-state index contributed by atoms with van der Waals surface area (Å²) in [4.78, 5) is 29.2. The fraction of sp³-hybridized carbons (Fsp3) is 0.333. The second kappa shape index (κ2) is 13.1. The fourth-order valence-electron chi connectivity index (χ4n) is 4.40. The molecule has 0 aromatic heterocycles. The molecule has 2 amide bonds. The highest BCUT2D eigenvalue weighted by molar-refractivity contribution is 7.92. The molecular weight excluding hydrogens is 534 g/mol. The summed E-state index contributed by atoms with van der Waals surface area (Å²) >= 11 is 6.10. The summed E-state index contributed by atoms with van der Waals surface area (Å²) in [6.07, 6.45) is 1.34. The summed E-state index contributed by atoms with van der Waals surface area (Å²) in [7, 11) is -3.84. The van der Waals surface area contributed by atoms with Crippen LogP contribution in [-0.2, 0) is 32.6 Å². The van der Waals surface area contributed by atoms with Crippen LogP contribution in [0.2, 0.25) is 5.02 Å². The van der Waals surface area contributed by atoms with Crippen molar-refractivity contribution in [1.82, 2.24) is 10.2 Å². The summed E-state index contributed by atoms with van der Waals surface area (Å²) in [5.41, 5.74) is 3.70. The van der Waals surface area contributed by atoms with Crippen LogP contribution >= 0.6 is 11.6 Å². The molecule has 3 aromatic rings. The van der Waals surface area contributed by atoms with Crippen molar-refractivity contribution in [2.75, 3.05) is 17.1 Å². The standard InChI is InChI=1S/C30H36ClN3O4S/c1-21(2)32-30(36)28(18-24-12-7-6-8-13-24)33(19-25-14-10-9-11-22(25)3)29(35)20-34(39(5,37)38)27-16-15-26(31)17-23(27)4/h6-17,21,28H,18-20H2,1-5H3,(H,32,36). The zero-order valence-corrected chi connectivity index (χ0v) is 24.6. The predicted octanol–water partition coefficient (Wildman–Crippen LogP) is 4.89. The lowest BCUT2D eigenvalue weighted by Crippen LogP contribution is -2.54. The average Bonchev–Trinajstić information content (AvgIpc) is 2.85. The molecule has 0 saturated heterocycles. The first-order valence-electron chi connectivity index (χ1n) is 12.8. The Bertz CT molecular complexity index is 1410. The van der Waals surface area contributed by atoms with Gasteiger partial charge in [0, 0.05) is 24.0 Å². The lowest BCUT2D eigenvalue weighted by atomic mass is 10.0. The van der Waals surface area contributed by atoms with Gasteiger partial charge in [-0.2, -0.15) is 0 Å². The summed E-state index contributed by atoms with van der Waals surface area (Å²) in [5, 5.41) is 3.41. The second-order valence-corrected chi connectivity index (χ2v) is 12.4. The lowest BCUT2D eigenvalue weighted by Gasteiger charge is -2.34. The molecule has 3 aromatic carbocycles. The van der Waals surface area contributed by atoms with E-state index in [4.69, 9.17) is 11.6 Å². The average molecular weight is 570 g/mol. The lowest BCUT2D eigenvalue weighted by molar-refractivity contribution is -0.140. The van der Waals surface area contributed by atoms with E-state index in [1.54, 1.807) is 25.1 Å². The maximum Gasteiger partial charge on any atom is 0.244 e. The van der Waals surface area contributed by atoms with Gasteiger partial charge in [-0.25, -0.2) is 8.42 Å². The van der Waals surface area contributed by atoms with Gasteiger partial charge < -0.3 is 10.2 Å². The summed E-state index contributed by atoms with van der Waals surface area (Å²) in [5.74, 6) is -0.790. The number of hydrogen-bond acceptors (Lipinski definition) is 4. The van der Waals surface area contributed by atoms with Crippen LogP contribution in [0.1, 0.15) is 36.1 Å². The summed E-state index contributed by atoms with van der Waals surface area (Å²) in [6, 6.07) is 20.9. The third kappa shape index (κ3) is 8.31. The van der Waals surface area contributed by atoms with Crippen LogP contribution < -0.4 is 9.62 Å². The van der Waals surface area contributed by atoms with Gasteiger partial charge >= 0.3 is 0 Å². The van der Waals surface area contributed by atoms with Gasteiger partial charge in [0.05, 0.1) is 11.9 Å². The molecule has 0 fully saturated rings. The highest BCUT2D eigenvalue weighted by atomic mass is 35.5. The Morgan fingerprint density at radius 2 is 1.56 bits per heavy atom. The van der Waals surface area contributed by atoms with E-state index in [1.165, 1.54) is 4.90 Å². The molecule has 0 aliphatic carbocycles. The van der Waals surface area contributed by atoms with Gasteiger partial charge in [0.25, 0.3) is 0 Å². The van der Waals surface area contributed by atoms with E-state index in [2.05, 4.69) is 5.32 Å². The number of aryl methyl sites for hydroxylation is 2. The normalized spacial score (nSPS) is 12.2. The minimum Gasteiger partial charge on any atom is -0.352 e. The van der Waals surface area contributed by atoms with Crippen molar-refractivity contribution in [3.63, 3.8) is 0 Å². The molecule has 0 aliphatic rings. The first-order chi connectivity index (χ1) is 18.4. The molecule has 3 rings (SSSR count). The van der Waals surface area contributed by atoms with E-state index in [-0.39, 0.29) is 24.9 Å². The minimum absolute atomic E-state index is 0.143. The van der Waals surface area contributed by atoms with E-state index in [1.807, 2.05) is 75.4 Å². The van der Waals surface area contributed by atoms with E-state index >= 15 is 0 Å². The van der Waals surface area contributed by atoms with Crippen molar-refractivity contribution in [2.45, 2.75) is 52.7 Å². The van der Waals surface area contributed by atoms with Gasteiger partial charge in [0.1, 0.15) is 12.6 Å². The number of nitrogens with zero attached hydrogens (tertiary/aromatic N) is 2. The molecule has 0 heterocycles. The number of carbonyl (C=O) groups is 2. The van der Waals surface area contributed by atoms with Gasteiger partial charge in [-0.1, -0.05) is 66.2 Å². The Morgan fingerprint density at radius 3 is 2.15 bits per heavy atom. The van der Waals surface area contributed by atoms with Crippen LogP contribution in [0.5, 0.6) is 0 Å². The third-order valence-corrected chi connectivity index (χ3v) is 7.77.